The first-order valence-electron chi connectivity index (χ1n) is 11.2. The molecule has 0 bridgehead atoms. The number of methoxy groups -OCH3 is 1. The number of ether oxygens (including phenoxy) is 1. The molecule has 1 fully saturated rings. The Labute approximate surface area is 192 Å². The van der Waals surface area contributed by atoms with E-state index in [1.54, 1.807) is 31.4 Å². The molecule has 1 aliphatic rings. The largest absolute Gasteiger partial charge is 0.497 e. The summed E-state index contributed by atoms with van der Waals surface area (Å²) in [5.74, 6) is 0.340. The number of carbonyl (C=O) groups excluding carboxylic acids is 1. The topological polar surface area (TPSA) is 75.7 Å². The Morgan fingerprint density at radius 3 is 2.09 bits per heavy atom. The average molecular weight is 459 g/mol. The Hall–Kier alpha value is -2.54. The summed E-state index contributed by atoms with van der Waals surface area (Å²) in [6, 6.07) is 8.88. The summed E-state index contributed by atoms with van der Waals surface area (Å²) in [6.45, 7) is 7.20. The molecule has 0 spiro atoms. The molecule has 1 N–H and O–H groups in total. The molecule has 0 aromatic heterocycles. The van der Waals surface area contributed by atoms with E-state index in [1.807, 2.05) is 33.8 Å². The molecule has 0 atom stereocenters. The number of rotatable bonds is 7. The summed E-state index contributed by atoms with van der Waals surface area (Å²) in [6.07, 6.45) is 5.25. The van der Waals surface area contributed by atoms with Crippen molar-refractivity contribution in [2.45, 2.75) is 70.7 Å². The number of anilines is 1. The minimum absolute atomic E-state index is 0.112. The number of hydrogen-bond acceptors (Lipinski definition) is 4. The first-order valence-corrected chi connectivity index (χ1v) is 12.6. The van der Waals surface area contributed by atoms with E-state index in [9.17, 15) is 13.2 Å². The molecule has 7 heteroatoms. The van der Waals surface area contributed by atoms with Gasteiger partial charge in [0, 0.05) is 6.04 Å². The Balaban J connectivity index is 2.02. The van der Waals surface area contributed by atoms with Gasteiger partial charge < -0.3 is 10.1 Å². The van der Waals surface area contributed by atoms with Gasteiger partial charge in [-0.25, -0.2) is 8.42 Å². The highest BCUT2D eigenvalue weighted by atomic mass is 32.2. The quantitative estimate of drug-likeness (QED) is 0.659. The van der Waals surface area contributed by atoms with Crippen LogP contribution in [0.5, 0.6) is 5.75 Å². The zero-order valence-corrected chi connectivity index (χ0v) is 20.5. The minimum atomic E-state index is -3.98. The fourth-order valence-corrected chi connectivity index (χ4v) is 6.39. The molecule has 0 unspecified atom stereocenters. The lowest BCUT2D eigenvalue weighted by Gasteiger charge is -2.28. The maximum atomic E-state index is 14.0. The van der Waals surface area contributed by atoms with Crippen molar-refractivity contribution in [3.05, 3.63) is 52.6 Å². The van der Waals surface area contributed by atoms with Crippen LogP contribution < -0.4 is 14.4 Å². The predicted molar refractivity (Wildman–Crippen MR) is 128 cm³/mol. The number of nitrogens with one attached hydrogen (secondary N) is 1. The van der Waals surface area contributed by atoms with Crippen molar-refractivity contribution in [3.63, 3.8) is 0 Å². The van der Waals surface area contributed by atoms with Crippen molar-refractivity contribution in [1.29, 1.82) is 0 Å². The zero-order chi connectivity index (χ0) is 23.5. The fraction of sp³-hybridized carbons (Fsp3) is 0.480. The predicted octanol–water partition coefficient (Wildman–Crippen LogP) is 4.57. The Kier molecular flexibility index (Phi) is 7.49. The molecule has 32 heavy (non-hydrogen) atoms. The van der Waals surface area contributed by atoms with Crippen LogP contribution >= 0.6 is 0 Å². The van der Waals surface area contributed by atoms with E-state index in [4.69, 9.17) is 4.74 Å². The van der Waals surface area contributed by atoms with Crippen LogP contribution in [0.15, 0.2) is 35.2 Å². The fourth-order valence-electron chi connectivity index (χ4n) is 4.39. The molecule has 0 heterocycles. The normalized spacial score (nSPS) is 14.8. The molecular formula is C25H34N2O4S. The molecular weight excluding hydrogens is 424 g/mol. The first kappa shape index (κ1) is 24.1. The average Bonchev–Trinajstić information content (AvgIpc) is 2.77. The lowest BCUT2D eigenvalue weighted by molar-refractivity contribution is -0.120. The highest BCUT2D eigenvalue weighted by Gasteiger charge is 2.31. The van der Waals surface area contributed by atoms with Crippen molar-refractivity contribution in [2.75, 3.05) is 18.0 Å². The van der Waals surface area contributed by atoms with Crippen molar-refractivity contribution < 1.29 is 17.9 Å². The summed E-state index contributed by atoms with van der Waals surface area (Å²) in [4.78, 5) is 13.2. The van der Waals surface area contributed by atoms with Gasteiger partial charge in [0.1, 0.15) is 12.3 Å². The van der Waals surface area contributed by atoms with Crippen LogP contribution in [0.1, 0.15) is 54.4 Å². The van der Waals surface area contributed by atoms with Gasteiger partial charge in [0.2, 0.25) is 5.91 Å². The summed E-state index contributed by atoms with van der Waals surface area (Å²) in [5, 5.41) is 3.05. The number of aryl methyl sites for hydroxylation is 2. The van der Waals surface area contributed by atoms with Gasteiger partial charge in [0.15, 0.2) is 0 Å². The standard InChI is InChI=1S/C25H34N2O4S/c1-17-15-18(2)20(4)25(19(17)3)32(29,30)27(22-11-13-23(31-5)14-12-22)16-24(28)26-21-9-7-6-8-10-21/h11-15,21H,6-10,16H2,1-5H3,(H,26,28). The summed E-state index contributed by atoms with van der Waals surface area (Å²) in [5.41, 5.74) is 3.67. The molecule has 0 aliphatic heterocycles. The third-order valence-corrected chi connectivity index (χ3v) is 8.51. The lowest BCUT2D eigenvalue weighted by Crippen LogP contribution is -2.45. The van der Waals surface area contributed by atoms with E-state index >= 15 is 0 Å². The molecule has 2 aromatic rings. The van der Waals surface area contributed by atoms with Crippen molar-refractivity contribution >= 4 is 21.6 Å². The number of sulfonamides is 1. The van der Waals surface area contributed by atoms with E-state index in [1.165, 1.54) is 10.7 Å². The number of nitrogens with zero attached hydrogens (tertiary/aromatic N) is 1. The van der Waals surface area contributed by atoms with Crippen molar-refractivity contribution in [2.24, 2.45) is 0 Å². The first-order chi connectivity index (χ1) is 15.1. The molecule has 1 amide bonds. The number of benzene rings is 2. The second-order valence-corrected chi connectivity index (χ2v) is 10.5. The van der Waals surface area contributed by atoms with Crippen LogP contribution in [0.2, 0.25) is 0 Å². The van der Waals surface area contributed by atoms with Crippen LogP contribution in [-0.2, 0) is 14.8 Å². The van der Waals surface area contributed by atoms with Crippen LogP contribution in [0, 0.1) is 27.7 Å². The van der Waals surface area contributed by atoms with Crippen LogP contribution in [0.25, 0.3) is 0 Å². The Morgan fingerprint density at radius 1 is 1.00 bits per heavy atom. The maximum Gasteiger partial charge on any atom is 0.265 e. The van der Waals surface area contributed by atoms with E-state index in [-0.39, 0.29) is 23.4 Å². The molecule has 6 nitrogen and oxygen atoms in total. The van der Waals surface area contributed by atoms with Gasteiger partial charge in [-0.15, -0.1) is 0 Å². The second-order valence-electron chi connectivity index (χ2n) is 8.70. The minimum Gasteiger partial charge on any atom is -0.497 e. The van der Waals surface area contributed by atoms with E-state index in [0.29, 0.717) is 22.6 Å². The molecule has 1 aliphatic carbocycles. The third-order valence-electron chi connectivity index (χ3n) is 6.46. The van der Waals surface area contributed by atoms with Gasteiger partial charge in [-0.2, -0.15) is 0 Å². The van der Waals surface area contributed by atoms with Gasteiger partial charge in [-0.05, 0) is 87.1 Å². The molecule has 0 saturated heterocycles. The van der Waals surface area contributed by atoms with Crippen molar-refractivity contribution in [1.82, 2.24) is 5.32 Å². The highest BCUT2D eigenvalue weighted by molar-refractivity contribution is 7.93. The molecule has 0 radical (unpaired) electrons. The number of amides is 1. The van der Waals surface area contributed by atoms with E-state index in [2.05, 4.69) is 5.32 Å². The second kappa shape index (κ2) is 9.94. The van der Waals surface area contributed by atoms with Crippen molar-refractivity contribution in [3.8, 4) is 5.75 Å². The SMILES string of the molecule is COc1ccc(N(CC(=O)NC2CCCCC2)S(=O)(=O)c2c(C)c(C)cc(C)c2C)cc1. The molecule has 1 saturated carbocycles. The van der Waals surface area contributed by atoms with Crippen LogP contribution in [0.4, 0.5) is 5.69 Å². The molecule has 3 rings (SSSR count). The Bertz CT molecular complexity index is 1050. The van der Waals surface area contributed by atoms with Crippen LogP contribution in [-0.4, -0.2) is 34.0 Å². The van der Waals surface area contributed by atoms with E-state index in [0.717, 1.165) is 36.8 Å². The number of carbonyl (C=O) groups is 1. The van der Waals surface area contributed by atoms with Gasteiger partial charge in [-0.1, -0.05) is 25.3 Å². The summed E-state index contributed by atoms with van der Waals surface area (Å²) < 4.78 is 34.4. The summed E-state index contributed by atoms with van der Waals surface area (Å²) in [7, 11) is -2.43. The number of hydrogen-bond donors (Lipinski definition) is 1. The van der Waals surface area contributed by atoms with Gasteiger partial charge in [-0.3, -0.25) is 9.10 Å². The zero-order valence-electron chi connectivity index (χ0n) is 19.7. The smallest absolute Gasteiger partial charge is 0.265 e. The van der Waals surface area contributed by atoms with Gasteiger partial charge in [0.25, 0.3) is 10.0 Å². The summed E-state index contributed by atoms with van der Waals surface area (Å²) >= 11 is 0. The van der Waals surface area contributed by atoms with Gasteiger partial charge in [0.05, 0.1) is 17.7 Å². The highest BCUT2D eigenvalue weighted by Crippen LogP contribution is 2.32. The monoisotopic (exact) mass is 458 g/mol. The van der Waals surface area contributed by atoms with Crippen LogP contribution in [0.3, 0.4) is 0 Å². The molecule has 2 aromatic carbocycles. The lowest BCUT2D eigenvalue weighted by atomic mass is 9.95. The Morgan fingerprint density at radius 2 is 1.56 bits per heavy atom. The maximum absolute atomic E-state index is 14.0. The molecule has 174 valence electrons. The third kappa shape index (κ3) is 5.09. The van der Waals surface area contributed by atoms with E-state index < -0.39 is 10.0 Å². The van der Waals surface area contributed by atoms with Gasteiger partial charge >= 0.3 is 0 Å².